The molecule has 0 atom stereocenters. The number of phenolic OH excluding ortho intramolecular Hbond substituents is 1. The third kappa shape index (κ3) is 3.37. The van der Waals surface area contributed by atoms with Crippen LogP contribution in [0.15, 0.2) is 46.4 Å². The molecule has 1 aromatic carbocycles. The lowest BCUT2D eigenvalue weighted by atomic mass is 10.3. The van der Waals surface area contributed by atoms with E-state index in [9.17, 15) is 13.5 Å². The molecule has 2 aromatic rings. The standard InChI is InChI=1S/C15H19N3O3S/c1-3-18(4-2)22(20,21)13-7-8-15(19)14(10-13)17-11-12-6-5-9-16-12/h5-11,16,19H,3-4H2,1-2H3. The van der Waals surface area contributed by atoms with Crippen LogP contribution in [0, 0.1) is 0 Å². The van der Waals surface area contributed by atoms with E-state index in [-0.39, 0.29) is 16.3 Å². The number of sulfonamides is 1. The molecule has 0 saturated heterocycles. The second kappa shape index (κ2) is 6.76. The van der Waals surface area contributed by atoms with Crippen LogP contribution in [0.1, 0.15) is 19.5 Å². The number of benzene rings is 1. The van der Waals surface area contributed by atoms with Crippen LogP contribution in [0.25, 0.3) is 0 Å². The van der Waals surface area contributed by atoms with Gasteiger partial charge in [0, 0.05) is 19.3 Å². The fraction of sp³-hybridized carbons (Fsp3) is 0.267. The highest BCUT2D eigenvalue weighted by Crippen LogP contribution is 2.30. The first-order chi connectivity index (χ1) is 10.5. The van der Waals surface area contributed by atoms with E-state index in [1.165, 1.54) is 28.7 Å². The molecular formula is C15H19N3O3S. The summed E-state index contributed by atoms with van der Waals surface area (Å²) in [5.41, 5.74) is 0.972. The molecule has 7 heteroatoms. The summed E-state index contributed by atoms with van der Waals surface area (Å²) in [5.74, 6) is -0.0682. The van der Waals surface area contributed by atoms with Crippen molar-refractivity contribution in [3.05, 3.63) is 42.2 Å². The molecule has 0 spiro atoms. The molecule has 118 valence electrons. The third-order valence-electron chi connectivity index (χ3n) is 3.25. The molecule has 0 unspecified atom stereocenters. The van der Waals surface area contributed by atoms with Crippen molar-refractivity contribution in [3.8, 4) is 5.75 Å². The Morgan fingerprint density at radius 2 is 2.00 bits per heavy atom. The van der Waals surface area contributed by atoms with Crippen molar-refractivity contribution in [1.29, 1.82) is 0 Å². The first kappa shape index (κ1) is 16.3. The van der Waals surface area contributed by atoms with E-state index < -0.39 is 10.0 Å². The van der Waals surface area contributed by atoms with Gasteiger partial charge >= 0.3 is 0 Å². The number of nitrogens with one attached hydrogen (secondary N) is 1. The van der Waals surface area contributed by atoms with Gasteiger partial charge < -0.3 is 10.1 Å². The maximum atomic E-state index is 12.5. The Labute approximate surface area is 130 Å². The van der Waals surface area contributed by atoms with Crippen molar-refractivity contribution < 1.29 is 13.5 Å². The summed E-state index contributed by atoms with van der Waals surface area (Å²) in [6.45, 7) is 4.35. The maximum Gasteiger partial charge on any atom is 0.243 e. The molecule has 0 bridgehead atoms. The molecule has 1 aromatic heterocycles. The zero-order chi connectivity index (χ0) is 16.2. The number of nitrogens with zero attached hydrogens (tertiary/aromatic N) is 2. The Bertz CT molecular complexity index is 748. The van der Waals surface area contributed by atoms with Crippen LogP contribution in [0.2, 0.25) is 0 Å². The molecule has 0 aliphatic carbocycles. The molecule has 6 nitrogen and oxygen atoms in total. The Morgan fingerprint density at radius 3 is 2.59 bits per heavy atom. The molecule has 0 amide bonds. The third-order valence-corrected chi connectivity index (χ3v) is 5.30. The number of hydrogen-bond donors (Lipinski definition) is 2. The van der Waals surface area contributed by atoms with Crippen molar-refractivity contribution in [2.45, 2.75) is 18.7 Å². The second-order valence-corrected chi connectivity index (χ2v) is 6.56. The van der Waals surface area contributed by atoms with Gasteiger partial charge in [-0.3, -0.25) is 4.99 Å². The molecule has 1 heterocycles. The lowest BCUT2D eigenvalue weighted by molar-refractivity contribution is 0.445. The fourth-order valence-electron chi connectivity index (χ4n) is 2.04. The fourth-order valence-corrected chi connectivity index (χ4v) is 3.52. The Hall–Kier alpha value is -2.12. The van der Waals surface area contributed by atoms with Crippen LogP contribution < -0.4 is 0 Å². The molecule has 2 N–H and O–H groups in total. The minimum Gasteiger partial charge on any atom is -0.506 e. The summed E-state index contributed by atoms with van der Waals surface area (Å²) in [7, 11) is -3.57. The SMILES string of the molecule is CCN(CC)S(=O)(=O)c1ccc(O)c(N=Cc2ccc[nH]2)c1. The number of rotatable bonds is 6. The van der Waals surface area contributed by atoms with Gasteiger partial charge in [0.2, 0.25) is 10.0 Å². The average molecular weight is 321 g/mol. The number of hydrogen-bond acceptors (Lipinski definition) is 4. The lowest BCUT2D eigenvalue weighted by Crippen LogP contribution is -2.30. The summed E-state index contributed by atoms with van der Waals surface area (Å²) in [6, 6.07) is 7.75. The molecular weight excluding hydrogens is 302 g/mol. The zero-order valence-electron chi connectivity index (χ0n) is 12.5. The lowest BCUT2D eigenvalue weighted by Gasteiger charge is -2.18. The van der Waals surface area contributed by atoms with Gasteiger partial charge in [-0.1, -0.05) is 13.8 Å². The molecule has 22 heavy (non-hydrogen) atoms. The molecule has 2 rings (SSSR count). The predicted octanol–water partition coefficient (Wildman–Crippen LogP) is 2.50. The highest BCUT2D eigenvalue weighted by atomic mass is 32.2. The van der Waals surface area contributed by atoms with Gasteiger partial charge in [-0.05, 0) is 30.3 Å². The summed E-state index contributed by atoms with van der Waals surface area (Å²) >= 11 is 0. The van der Waals surface area contributed by atoms with Crippen molar-refractivity contribution in [1.82, 2.24) is 9.29 Å². The highest BCUT2D eigenvalue weighted by Gasteiger charge is 2.22. The molecule has 0 radical (unpaired) electrons. The number of aromatic hydroxyl groups is 1. The van der Waals surface area contributed by atoms with E-state index >= 15 is 0 Å². The van der Waals surface area contributed by atoms with Crippen LogP contribution in [-0.4, -0.2) is 42.1 Å². The largest absolute Gasteiger partial charge is 0.506 e. The van der Waals surface area contributed by atoms with Crippen LogP contribution in [0.3, 0.4) is 0 Å². The topological polar surface area (TPSA) is 85.8 Å². The molecule has 0 saturated carbocycles. The van der Waals surface area contributed by atoms with Crippen LogP contribution in [-0.2, 0) is 10.0 Å². The quantitative estimate of drug-likeness (QED) is 0.802. The molecule has 0 fully saturated rings. The molecule has 0 aliphatic heterocycles. The van der Waals surface area contributed by atoms with E-state index in [0.29, 0.717) is 13.1 Å². The Balaban J connectivity index is 2.38. The van der Waals surface area contributed by atoms with Crippen LogP contribution in [0.5, 0.6) is 5.75 Å². The Kier molecular flexibility index (Phi) is 4.99. The smallest absolute Gasteiger partial charge is 0.243 e. The van der Waals surface area contributed by atoms with Gasteiger partial charge in [0.05, 0.1) is 16.8 Å². The summed E-state index contributed by atoms with van der Waals surface area (Å²) in [5, 5.41) is 9.85. The summed E-state index contributed by atoms with van der Waals surface area (Å²) in [6.07, 6.45) is 3.28. The monoisotopic (exact) mass is 321 g/mol. The second-order valence-electron chi connectivity index (χ2n) is 4.62. The predicted molar refractivity (Wildman–Crippen MR) is 86.3 cm³/mol. The zero-order valence-corrected chi connectivity index (χ0v) is 13.3. The van der Waals surface area contributed by atoms with Gasteiger partial charge in [-0.15, -0.1) is 0 Å². The average Bonchev–Trinajstić information content (AvgIpc) is 3.00. The number of aliphatic imine (C=N–C) groups is 1. The van der Waals surface area contributed by atoms with Gasteiger partial charge in [-0.2, -0.15) is 4.31 Å². The van der Waals surface area contributed by atoms with Crippen LogP contribution in [0.4, 0.5) is 5.69 Å². The van der Waals surface area contributed by atoms with Crippen molar-refractivity contribution in [3.63, 3.8) is 0 Å². The Morgan fingerprint density at radius 1 is 1.27 bits per heavy atom. The maximum absolute atomic E-state index is 12.5. The first-order valence-corrected chi connectivity index (χ1v) is 8.43. The summed E-state index contributed by atoms with van der Waals surface area (Å²) < 4.78 is 26.3. The number of phenols is 1. The summed E-state index contributed by atoms with van der Waals surface area (Å²) in [4.78, 5) is 7.21. The van der Waals surface area contributed by atoms with Gasteiger partial charge in [0.25, 0.3) is 0 Å². The minimum atomic E-state index is -3.57. The van der Waals surface area contributed by atoms with Crippen LogP contribution >= 0.6 is 0 Å². The van der Waals surface area contributed by atoms with Crippen molar-refractivity contribution >= 4 is 21.9 Å². The van der Waals surface area contributed by atoms with E-state index in [0.717, 1.165) is 5.69 Å². The van der Waals surface area contributed by atoms with Gasteiger partial charge in [0.1, 0.15) is 11.4 Å². The first-order valence-electron chi connectivity index (χ1n) is 6.99. The minimum absolute atomic E-state index is 0.0682. The number of aromatic nitrogens is 1. The highest BCUT2D eigenvalue weighted by molar-refractivity contribution is 7.89. The van der Waals surface area contributed by atoms with Crippen molar-refractivity contribution in [2.75, 3.05) is 13.1 Å². The number of aromatic amines is 1. The van der Waals surface area contributed by atoms with E-state index in [4.69, 9.17) is 0 Å². The van der Waals surface area contributed by atoms with E-state index in [2.05, 4.69) is 9.98 Å². The van der Waals surface area contributed by atoms with Gasteiger partial charge in [0.15, 0.2) is 0 Å². The molecule has 0 aliphatic rings. The van der Waals surface area contributed by atoms with E-state index in [1.54, 1.807) is 20.0 Å². The number of H-pyrrole nitrogens is 1. The van der Waals surface area contributed by atoms with Gasteiger partial charge in [-0.25, -0.2) is 8.42 Å². The van der Waals surface area contributed by atoms with Crippen molar-refractivity contribution in [2.24, 2.45) is 4.99 Å². The van der Waals surface area contributed by atoms with E-state index in [1.807, 2.05) is 12.1 Å². The normalized spacial score (nSPS) is 12.3.